The summed E-state index contributed by atoms with van der Waals surface area (Å²) in [7, 11) is 0. The van der Waals surface area contributed by atoms with Crippen LogP contribution in [0.4, 0.5) is 0 Å². The molecule has 0 heterocycles. The second-order valence-corrected chi connectivity index (χ2v) is 8.06. The number of aliphatic carboxylic acids is 2. The van der Waals surface area contributed by atoms with Gasteiger partial charge in [0.25, 0.3) is 0 Å². The van der Waals surface area contributed by atoms with E-state index < -0.39 is 17.8 Å². The largest absolute Gasteiger partial charge is 1.00 e. The molecule has 1 amide bonds. The minimum absolute atomic E-state index is 0. The summed E-state index contributed by atoms with van der Waals surface area (Å²) in [4.78, 5) is 34.6. The van der Waals surface area contributed by atoms with Gasteiger partial charge in [0.05, 0.1) is 0 Å². The first-order valence-electron chi connectivity index (χ1n) is 12.0. The number of carboxylic acids is 2. The van der Waals surface area contributed by atoms with Gasteiger partial charge in [-0.2, -0.15) is 0 Å². The van der Waals surface area contributed by atoms with E-state index in [0.717, 1.165) is 44.3 Å². The quantitative estimate of drug-likeness (QED) is 0.122. The summed E-state index contributed by atoms with van der Waals surface area (Å²) in [5.74, 6) is -2.90. The van der Waals surface area contributed by atoms with Crippen molar-refractivity contribution in [2.75, 3.05) is 13.1 Å². The molecule has 32 heavy (non-hydrogen) atoms. The zero-order valence-electron chi connectivity index (χ0n) is 20.4. The van der Waals surface area contributed by atoms with Crippen molar-refractivity contribution in [3.05, 3.63) is 24.3 Å². The van der Waals surface area contributed by atoms with Gasteiger partial charge >= 0.3 is 35.5 Å². The summed E-state index contributed by atoms with van der Waals surface area (Å²) in [6.07, 6.45) is 22.8. The summed E-state index contributed by atoms with van der Waals surface area (Å²) in [5, 5.41) is 19.3. The first kappa shape index (κ1) is 33.1. The third kappa shape index (κ3) is 23.6. The molecule has 0 aromatic rings. The molecule has 0 aliphatic heterocycles. The Bertz CT molecular complexity index is 548. The van der Waals surface area contributed by atoms with E-state index in [4.69, 9.17) is 5.11 Å². The van der Waals surface area contributed by atoms with Crippen LogP contribution in [-0.2, 0) is 14.4 Å². The number of carbonyl (C=O) groups is 3. The average Bonchev–Trinajstić information content (AvgIpc) is 2.73. The summed E-state index contributed by atoms with van der Waals surface area (Å²) < 4.78 is 0. The van der Waals surface area contributed by atoms with Crippen LogP contribution in [-0.4, -0.2) is 40.9 Å². The third-order valence-electron chi connectivity index (χ3n) is 5.21. The second-order valence-electron chi connectivity index (χ2n) is 8.06. The van der Waals surface area contributed by atoms with Crippen LogP contribution in [0.5, 0.6) is 0 Å². The van der Waals surface area contributed by atoms with E-state index in [1.54, 1.807) is 0 Å². The molecule has 0 aliphatic rings. The number of hydrogen-bond donors (Lipinski definition) is 1. The zero-order chi connectivity index (χ0) is 23.2. The fraction of sp³-hybridized carbons (Fsp3) is 0.720. The van der Waals surface area contributed by atoms with Gasteiger partial charge in [0.1, 0.15) is 0 Å². The van der Waals surface area contributed by atoms with Crippen molar-refractivity contribution in [3.63, 3.8) is 0 Å². The Hall–Kier alpha value is -1.11. The molecule has 0 fully saturated rings. The fourth-order valence-electron chi connectivity index (χ4n) is 3.36. The van der Waals surface area contributed by atoms with Crippen LogP contribution in [0.25, 0.3) is 0 Å². The van der Waals surface area contributed by atoms with Gasteiger partial charge in [-0.25, -0.2) is 4.79 Å². The van der Waals surface area contributed by atoms with Crippen LogP contribution in [0.15, 0.2) is 24.3 Å². The molecule has 0 rings (SSSR count). The van der Waals surface area contributed by atoms with E-state index in [9.17, 15) is 19.5 Å². The van der Waals surface area contributed by atoms with Gasteiger partial charge in [-0.1, -0.05) is 76.9 Å². The van der Waals surface area contributed by atoms with Gasteiger partial charge in [0.15, 0.2) is 0 Å². The molecule has 0 spiro atoms. The minimum atomic E-state index is -1.22. The maximum absolute atomic E-state index is 12.0. The van der Waals surface area contributed by atoms with Gasteiger partial charge in [0, 0.05) is 37.6 Å². The molecule has 0 aromatic carbocycles. The zero-order valence-corrected chi connectivity index (χ0v) is 22.4. The predicted octanol–water partition coefficient (Wildman–Crippen LogP) is 1.64. The van der Waals surface area contributed by atoms with E-state index in [1.807, 2.05) is 0 Å². The molecule has 178 valence electrons. The summed E-state index contributed by atoms with van der Waals surface area (Å²) >= 11 is 0. The van der Waals surface area contributed by atoms with E-state index in [0.29, 0.717) is 6.54 Å². The van der Waals surface area contributed by atoms with Crippen molar-refractivity contribution in [2.45, 2.75) is 103 Å². The molecule has 7 heteroatoms. The molecule has 0 atom stereocenters. The number of rotatable bonds is 21. The molecule has 0 aromatic heterocycles. The standard InChI is InChI=1S/C25H43NO5.Na/c1-2-3-4-5-6-7-8-9-10-11-12-13-14-15-16-17-21-26(22-20-25(30)31)23(27)18-19-24(28)29;/h9-10,18-19H,2-8,11-17,20-22H2,1H3,(H,28,29)(H,30,31);/q;+1/p-1/b10-9-,19-18+;. The Labute approximate surface area is 216 Å². The van der Waals surface area contributed by atoms with E-state index in [2.05, 4.69) is 19.1 Å². The van der Waals surface area contributed by atoms with Gasteiger partial charge in [-0.15, -0.1) is 0 Å². The molecule has 0 radical (unpaired) electrons. The number of hydrogen-bond acceptors (Lipinski definition) is 4. The monoisotopic (exact) mass is 459 g/mol. The smallest absolute Gasteiger partial charge is 0.550 e. The first-order chi connectivity index (χ1) is 15.0. The number of allylic oxidation sites excluding steroid dienone is 2. The topological polar surface area (TPSA) is 97.7 Å². The summed E-state index contributed by atoms with van der Waals surface area (Å²) in [5.41, 5.74) is 0. The number of carbonyl (C=O) groups excluding carboxylic acids is 2. The normalized spacial score (nSPS) is 11.0. The fourth-order valence-corrected chi connectivity index (χ4v) is 3.36. The molecule has 0 aliphatic carbocycles. The maximum atomic E-state index is 12.0. The van der Waals surface area contributed by atoms with Crippen molar-refractivity contribution in [3.8, 4) is 0 Å². The Kier molecular flexibility index (Phi) is 25.3. The summed E-state index contributed by atoms with van der Waals surface area (Å²) in [6, 6.07) is 0. The molecule has 0 bridgehead atoms. The van der Waals surface area contributed by atoms with E-state index >= 15 is 0 Å². The van der Waals surface area contributed by atoms with E-state index in [1.165, 1.54) is 62.7 Å². The van der Waals surface area contributed by atoms with Crippen molar-refractivity contribution in [1.29, 1.82) is 0 Å². The van der Waals surface area contributed by atoms with E-state index in [-0.39, 0.29) is 42.5 Å². The molecule has 0 saturated heterocycles. The number of amides is 1. The molecule has 1 N–H and O–H groups in total. The van der Waals surface area contributed by atoms with Crippen LogP contribution in [0.3, 0.4) is 0 Å². The number of nitrogens with zero attached hydrogens (tertiary/aromatic N) is 1. The number of carboxylic acid groups (broad SMARTS) is 2. The third-order valence-corrected chi connectivity index (χ3v) is 5.21. The molecule has 6 nitrogen and oxygen atoms in total. The SMILES string of the molecule is CCCCCCCC/C=C\CCCCCCCCN(CCC(=O)[O-])C(=O)/C=C/C(=O)O.[Na+]. The van der Waals surface area contributed by atoms with Crippen LogP contribution >= 0.6 is 0 Å². The van der Waals surface area contributed by atoms with Crippen LogP contribution < -0.4 is 34.7 Å². The molecule has 0 saturated carbocycles. The van der Waals surface area contributed by atoms with Crippen molar-refractivity contribution < 1.29 is 54.2 Å². The predicted molar refractivity (Wildman–Crippen MR) is 122 cm³/mol. The maximum Gasteiger partial charge on any atom is 1.00 e. The van der Waals surface area contributed by atoms with Crippen molar-refractivity contribution >= 4 is 17.8 Å². The minimum Gasteiger partial charge on any atom is -0.550 e. The Morgan fingerprint density at radius 3 is 1.75 bits per heavy atom. The summed E-state index contributed by atoms with van der Waals surface area (Å²) in [6.45, 7) is 2.71. The van der Waals surface area contributed by atoms with Crippen LogP contribution in [0, 0.1) is 0 Å². The molecular weight excluding hydrogens is 417 g/mol. The van der Waals surface area contributed by atoms with Crippen molar-refractivity contribution in [1.82, 2.24) is 4.90 Å². The van der Waals surface area contributed by atoms with Crippen LogP contribution in [0.2, 0.25) is 0 Å². The molecule has 0 unspecified atom stereocenters. The Morgan fingerprint density at radius 1 is 0.750 bits per heavy atom. The molecular formula is C25H42NNaO5. The van der Waals surface area contributed by atoms with Gasteiger partial charge in [0.2, 0.25) is 5.91 Å². The van der Waals surface area contributed by atoms with Gasteiger partial charge in [-0.05, 0) is 32.1 Å². The van der Waals surface area contributed by atoms with Crippen molar-refractivity contribution in [2.24, 2.45) is 0 Å². The van der Waals surface area contributed by atoms with Gasteiger partial charge in [-0.3, -0.25) is 4.79 Å². The Balaban J connectivity index is 0. The van der Waals surface area contributed by atoms with Crippen LogP contribution in [0.1, 0.15) is 103 Å². The first-order valence-corrected chi connectivity index (χ1v) is 12.0. The Morgan fingerprint density at radius 2 is 1.25 bits per heavy atom. The van der Waals surface area contributed by atoms with Gasteiger partial charge < -0.3 is 19.9 Å². The average molecular weight is 460 g/mol. The second kappa shape index (κ2) is 24.5. The number of unbranched alkanes of at least 4 members (excludes halogenated alkanes) is 12.